The molecule has 0 bridgehead atoms. The fourth-order valence-electron chi connectivity index (χ4n) is 1.54. The van der Waals surface area contributed by atoms with E-state index >= 15 is 0 Å². The summed E-state index contributed by atoms with van der Waals surface area (Å²) in [7, 11) is 0. The van der Waals surface area contributed by atoms with Crippen molar-refractivity contribution in [3.8, 4) is 0 Å². The number of rotatable bonds is 3. The number of benzene rings is 2. The van der Waals surface area contributed by atoms with Crippen LogP contribution in [0.2, 0.25) is 0 Å². The Hall–Kier alpha value is -2.04. The Morgan fingerprint density at radius 3 is 2.22 bits per heavy atom. The number of anilines is 1. The highest BCUT2D eigenvalue weighted by Crippen LogP contribution is 2.16. The third-order valence-corrected chi connectivity index (χ3v) is 2.38. The van der Waals surface area contributed by atoms with E-state index in [2.05, 4.69) is 5.32 Å². The van der Waals surface area contributed by atoms with Crippen LogP contribution in [0.5, 0.6) is 0 Å². The van der Waals surface area contributed by atoms with E-state index in [1.807, 2.05) is 0 Å². The van der Waals surface area contributed by atoms with Crippen molar-refractivity contribution >= 4 is 5.69 Å². The molecule has 1 nitrogen and oxygen atoms in total. The topological polar surface area (TPSA) is 12.0 Å². The van der Waals surface area contributed by atoms with Gasteiger partial charge in [-0.2, -0.15) is 0 Å². The summed E-state index contributed by atoms with van der Waals surface area (Å²) < 4.78 is 52.0. The van der Waals surface area contributed by atoms with Crippen LogP contribution in [0.4, 0.5) is 23.2 Å². The largest absolute Gasteiger partial charge is 0.381 e. The summed E-state index contributed by atoms with van der Waals surface area (Å²) in [6, 6.07) is 6.62. The lowest BCUT2D eigenvalue weighted by Crippen LogP contribution is -2.03. The molecule has 94 valence electrons. The van der Waals surface area contributed by atoms with E-state index in [1.165, 1.54) is 12.1 Å². The number of hydrogen-bond acceptors (Lipinski definition) is 1. The van der Waals surface area contributed by atoms with Crippen molar-refractivity contribution in [3.63, 3.8) is 0 Å². The van der Waals surface area contributed by atoms with Crippen LogP contribution >= 0.6 is 0 Å². The van der Waals surface area contributed by atoms with Gasteiger partial charge in [0.1, 0.15) is 11.6 Å². The quantitative estimate of drug-likeness (QED) is 0.821. The molecular formula is C13H9F4N. The summed E-state index contributed by atoms with van der Waals surface area (Å²) in [4.78, 5) is 0. The van der Waals surface area contributed by atoms with Crippen molar-refractivity contribution in [2.45, 2.75) is 6.54 Å². The Balaban J connectivity index is 2.14. The Kier molecular flexibility index (Phi) is 3.50. The van der Waals surface area contributed by atoms with Crippen molar-refractivity contribution in [3.05, 3.63) is 65.2 Å². The van der Waals surface area contributed by atoms with Gasteiger partial charge >= 0.3 is 0 Å². The highest BCUT2D eigenvalue weighted by Gasteiger charge is 2.07. The molecule has 0 atom stereocenters. The summed E-state index contributed by atoms with van der Waals surface area (Å²) >= 11 is 0. The molecule has 0 saturated carbocycles. The predicted octanol–water partition coefficient (Wildman–Crippen LogP) is 3.86. The fourth-order valence-corrected chi connectivity index (χ4v) is 1.54. The molecule has 18 heavy (non-hydrogen) atoms. The standard InChI is InChI=1S/C13H9F4N/c14-9-4-10(15)6-11(5-9)18-7-8-2-1-3-12(16)13(8)17/h1-6,18H,7H2. The maximum atomic E-state index is 13.3. The third-order valence-electron chi connectivity index (χ3n) is 2.38. The average molecular weight is 255 g/mol. The van der Waals surface area contributed by atoms with Crippen molar-refractivity contribution in [1.82, 2.24) is 0 Å². The monoisotopic (exact) mass is 255 g/mol. The van der Waals surface area contributed by atoms with Crippen molar-refractivity contribution < 1.29 is 17.6 Å². The van der Waals surface area contributed by atoms with Gasteiger partial charge < -0.3 is 5.32 Å². The Morgan fingerprint density at radius 1 is 0.889 bits per heavy atom. The zero-order chi connectivity index (χ0) is 13.1. The molecule has 0 aromatic heterocycles. The van der Waals surface area contributed by atoms with Crippen LogP contribution in [0.3, 0.4) is 0 Å². The maximum Gasteiger partial charge on any atom is 0.163 e. The molecule has 0 fully saturated rings. The molecule has 2 rings (SSSR count). The normalized spacial score (nSPS) is 10.4. The van der Waals surface area contributed by atoms with Gasteiger partial charge in [-0.05, 0) is 18.2 Å². The van der Waals surface area contributed by atoms with Crippen LogP contribution in [0.1, 0.15) is 5.56 Å². The van der Waals surface area contributed by atoms with Gasteiger partial charge in [0.15, 0.2) is 11.6 Å². The van der Waals surface area contributed by atoms with Crippen LogP contribution in [0.15, 0.2) is 36.4 Å². The van der Waals surface area contributed by atoms with Crippen molar-refractivity contribution in [2.75, 3.05) is 5.32 Å². The molecule has 2 aromatic rings. The summed E-state index contributed by atoms with van der Waals surface area (Å²) in [6.07, 6.45) is 0. The van der Waals surface area contributed by atoms with E-state index in [0.29, 0.717) is 0 Å². The van der Waals surface area contributed by atoms with Gasteiger partial charge in [0.25, 0.3) is 0 Å². The van der Waals surface area contributed by atoms with Crippen molar-refractivity contribution in [2.24, 2.45) is 0 Å². The second-order valence-corrected chi connectivity index (χ2v) is 3.72. The minimum atomic E-state index is -0.970. The van der Waals surface area contributed by atoms with Gasteiger partial charge in [-0.3, -0.25) is 0 Å². The molecule has 0 aliphatic rings. The maximum absolute atomic E-state index is 13.3. The number of halogens is 4. The molecule has 0 spiro atoms. The van der Waals surface area contributed by atoms with Gasteiger partial charge in [-0.15, -0.1) is 0 Å². The molecule has 0 amide bonds. The highest BCUT2D eigenvalue weighted by molar-refractivity contribution is 5.44. The SMILES string of the molecule is Fc1cc(F)cc(NCc2cccc(F)c2F)c1. The lowest BCUT2D eigenvalue weighted by molar-refractivity contribution is 0.500. The zero-order valence-corrected chi connectivity index (χ0v) is 9.18. The molecular weight excluding hydrogens is 246 g/mol. The molecule has 0 unspecified atom stereocenters. The lowest BCUT2D eigenvalue weighted by Gasteiger charge is -2.08. The smallest absolute Gasteiger partial charge is 0.163 e. The lowest BCUT2D eigenvalue weighted by atomic mass is 10.2. The van der Waals surface area contributed by atoms with Crippen LogP contribution in [0.25, 0.3) is 0 Å². The first kappa shape index (κ1) is 12.4. The van der Waals surface area contributed by atoms with Gasteiger partial charge in [0, 0.05) is 23.9 Å². The van der Waals surface area contributed by atoms with E-state index in [4.69, 9.17) is 0 Å². The summed E-state index contributed by atoms with van der Waals surface area (Å²) in [5, 5.41) is 2.62. The van der Waals surface area contributed by atoms with Crippen LogP contribution in [0, 0.1) is 23.3 Å². The first-order valence-electron chi connectivity index (χ1n) is 5.19. The molecule has 0 saturated heterocycles. The first-order valence-corrected chi connectivity index (χ1v) is 5.19. The molecule has 0 heterocycles. The van der Waals surface area contributed by atoms with E-state index in [9.17, 15) is 17.6 Å². The second kappa shape index (κ2) is 5.08. The summed E-state index contributed by atoms with van der Waals surface area (Å²) in [6.45, 7) is -0.0630. The molecule has 0 aliphatic carbocycles. The Bertz CT molecular complexity index is 549. The van der Waals surface area contributed by atoms with Crippen LogP contribution in [-0.4, -0.2) is 0 Å². The predicted molar refractivity (Wildman–Crippen MR) is 60.0 cm³/mol. The van der Waals surface area contributed by atoms with E-state index < -0.39 is 23.3 Å². The minimum absolute atomic E-state index is 0.0630. The van der Waals surface area contributed by atoms with Gasteiger partial charge in [0.2, 0.25) is 0 Å². The van der Waals surface area contributed by atoms with Gasteiger partial charge in [-0.1, -0.05) is 12.1 Å². The van der Waals surface area contributed by atoms with Gasteiger partial charge in [-0.25, -0.2) is 17.6 Å². The zero-order valence-electron chi connectivity index (χ0n) is 9.18. The second-order valence-electron chi connectivity index (χ2n) is 3.72. The highest BCUT2D eigenvalue weighted by atomic mass is 19.2. The molecule has 0 radical (unpaired) electrons. The van der Waals surface area contributed by atoms with E-state index in [-0.39, 0.29) is 17.8 Å². The minimum Gasteiger partial charge on any atom is -0.381 e. The Labute approximate surface area is 101 Å². The summed E-state index contributed by atoms with van der Waals surface area (Å²) in [5.41, 5.74) is 0.246. The first-order chi connectivity index (χ1) is 8.56. The third kappa shape index (κ3) is 2.80. The fraction of sp³-hybridized carbons (Fsp3) is 0.0769. The van der Waals surface area contributed by atoms with Crippen molar-refractivity contribution in [1.29, 1.82) is 0 Å². The molecule has 5 heteroatoms. The number of nitrogens with one attached hydrogen (secondary N) is 1. The van der Waals surface area contributed by atoms with E-state index in [0.717, 1.165) is 24.3 Å². The summed E-state index contributed by atoms with van der Waals surface area (Å²) in [5.74, 6) is -3.41. The van der Waals surface area contributed by atoms with Gasteiger partial charge in [0.05, 0.1) is 0 Å². The molecule has 0 aliphatic heterocycles. The average Bonchev–Trinajstić information content (AvgIpc) is 2.30. The van der Waals surface area contributed by atoms with E-state index in [1.54, 1.807) is 0 Å². The van der Waals surface area contributed by atoms with Crippen LogP contribution in [-0.2, 0) is 6.54 Å². The Morgan fingerprint density at radius 2 is 1.56 bits per heavy atom. The molecule has 1 N–H and O–H groups in total. The molecule has 2 aromatic carbocycles. The number of hydrogen-bond donors (Lipinski definition) is 1. The van der Waals surface area contributed by atoms with Crippen LogP contribution < -0.4 is 5.32 Å².